The van der Waals surface area contributed by atoms with Gasteiger partial charge in [-0.1, -0.05) is 13.0 Å². The lowest BCUT2D eigenvalue weighted by molar-refractivity contribution is -0.607. The van der Waals surface area contributed by atoms with Crippen molar-refractivity contribution >= 4 is 17.5 Å². The van der Waals surface area contributed by atoms with Crippen LogP contribution in [0.25, 0.3) is 0 Å². The topological polar surface area (TPSA) is 118 Å². The van der Waals surface area contributed by atoms with E-state index in [1.807, 2.05) is 0 Å². The van der Waals surface area contributed by atoms with Crippen molar-refractivity contribution in [2.75, 3.05) is 12.4 Å². The predicted octanol–water partition coefficient (Wildman–Crippen LogP) is 2.78. The molecule has 3 rings (SSSR count). The minimum Gasteiger partial charge on any atom is -0.618 e. The van der Waals surface area contributed by atoms with Gasteiger partial charge >= 0.3 is 12.1 Å². The zero-order valence-corrected chi connectivity index (χ0v) is 17.6. The number of nitrogens with zero attached hydrogens (tertiary/aromatic N) is 1. The molecule has 1 aliphatic heterocycles. The zero-order chi connectivity index (χ0) is 28.1. The zero-order valence-electron chi connectivity index (χ0n) is 20.6. The molecule has 4 atom stereocenters. The summed E-state index contributed by atoms with van der Waals surface area (Å²) in [5.41, 5.74) is 0.723. The van der Waals surface area contributed by atoms with Gasteiger partial charge in [-0.15, -0.1) is 0 Å². The van der Waals surface area contributed by atoms with Crippen LogP contribution >= 0.6 is 0 Å². The number of nitrogens with one attached hydrogen (secondary N) is 1. The molecule has 0 radical (unpaired) electrons. The molecule has 184 valence electrons. The van der Waals surface area contributed by atoms with Crippen LogP contribution in [0.2, 0.25) is 0 Å². The minimum absolute atomic E-state index is 0.0926. The molecule has 2 amide bonds. The summed E-state index contributed by atoms with van der Waals surface area (Å²) >= 11 is 0. The highest BCUT2D eigenvalue weighted by Gasteiger charge is 2.65. The molecular formula is C21H20F5N3O5. The Hall–Kier alpha value is -3.48. The maximum atomic E-state index is 14.6. The molecule has 0 unspecified atom stereocenters. The van der Waals surface area contributed by atoms with E-state index in [0.29, 0.717) is 13.0 Å². The van der Waals surface area contributed by atoms with Crippen molar-refractivity contribution < 1.29 is 49.9 Å². The summed E-state index contributed by atoms with van der Waals surface area (Å²) in [6, 6.07) is 3.24. The molecule has 34 heavy (non-hydrogen) atoms. The molecule has 0 bridgehead atoms. The fourth-order valence-electron chi connectivity index (χ4n) is 3.89. The van der Waals surface area contributed by atoms with E-state index in [1.54, 1.807) is 0 Å². The van der Waals surface area contributed by atoms with Gasteiger partial charge in [0.25, 0.3) is 11.6 Å². The first-order valence-electron chi connectivity index (χ1n) is 11.1. The Morgan fingerprint density at radius 2 is 2.00 bits per heavy atom. The van der Waals surface area contributed by atoms with Gasteiger partial charge in [0, 0.05) is 29.5 Å². The first-order valence-corrected chi connectivity index (χ1v) is 9.62. The number of methoxy groups -OCH3 is 1. The van der Waals surface area contributed by atoms with Gasteiger partial charge in [-0.05, 0) is 13.0 Å². The normalized spacial score (nSPS) is 26.3. The molecule has 1 aliphatic rings. The number of halogens is 5. The molecule has 1 fully saturated rings. The number of ether oxygens (including phenoxy) is 2. The minimum atomic E-state index is -5.05. The molecule has 8 nitrogen and oxygen atoms in total. The number of hydrogen-bond donors (Lipinski definition) is 2. The number of anilines is 1. The van der Waals surface area contributed by atoms with Gasteiger partial charge in [-0.3, -0.25) is 9.59 Å². The molecule has 3 N–H and O–H groups in total. The van der Waals surface area contributed by atoms with Gasteiger partial charge in [-0.25, -0.2) is 4.39 Å². The lowest BCUT2D eigenvalue weighted by Crippen LogP contribution is -2.47. The Morgan fingerprint density at radius 3 is 2.59 bits per heavy atom. The number of nitrogens with two attached hydrogens (primary N) is 1. The Balaban J connectivity index is 2.13. The van der Waals surface area contributed by atoms with Gasteiger partial charge < -0.3 is 25.7 Å². The first-order chi connectivity index (χ1) is 16.9. The molecule has 1 aromatic carbocycles. The summed E-state index contributed by atoms with van der Waals surface area (Å²) < 4.78 is 102. The lowest BCUT2D eigenvalue weighted by Gasteiger charge is -2.32. The molecular weight excluding hydrogens is 469 g/mol. The summed E-state index contributed by atoms with van der Waals surface area (Å²) in [6.45, 7) is 1.69. The van der Waals surface area contributed by atoms with Crippen LogP contribution in [0.3, 0.4) is 0 Å². The van der Waals surface area contributed by atoms with E-state index in [2.05, 4.69) is 10.1 Å². The Kier molecular flexibility index (Phi) is 5.40. The number of hydrogen-bond acceptors (Lipinski definition) is 5. The summed E-state index contributed by atoms with van der Waals surface area (Å²) in [6.07, 6.45) is -6.28. The Bertz CT molecular complexity index is 1240. The second kappa shape index (κ2) is 8.70. The summed E-state index contributed by atoms with van der Waals surface area (Å²) in [7, 11) is -3.32. The van der Waals surface area contributed by atoms with Crippen LogP contribution in [0.4, 0.5) is 27.6 Å². The van der Waals surface area contributed by atoms with Crippen molar-refractivity contribution in [3.05, 3.63) is 58.6 Å². The smallest absolute Gasteiger partial charge is 0.417 e. The van der Waals surface area contributed by atoms with E-state index in [1.165, 1.54) is 0 Å². The first kappa shape index (κ1) is 21.1. The maximum absolute atomic E-state index is 14.6. The van der Waals surface area contributed by atoms with E-state index >= 15 is 0 Å². The van der Waals surface area contributed by atoms with Crippen LogP contribution < -0.4 is 20.5 Å². The monoisotopic (exact) mass is 492 g/mol. The third-order valence-electron chi connectivity index (χ3n) is 5.91. The number of aromatic nitrogens is 1. The second-order valence-electron chi connectivity index (χ2n) is 7.82. The van der Waals surface area contributed by atoms with E-state index in [9.17, 15) is 36.7 Å². The second-order valence-corrected chi connectivity index (χ2v) is 7.82. The van der Waals surface area contributed by atoms with E-state index in [-0.39, 0.29) is 10.4 Å². The van der Waals surface area contributed by atoms with E-state index < -0.39 is 77.2 Å². The number of pyridine rings is 1. The van der Waals surface area contributed by atoms with E-state index in [4.69, 9.17) is 14.6 Å². The highest BCUT2D eigenvalue weighted by Crippen LogP contribution is 2.55. The van der Waals surface area contributed by atoms with Gasteiger partial charge in [-0.2, -0.15) is 22.3 Å². The fourth-order valence-corrected chi connectivity index (χ4v) is 3.89. The van der Waals surface area contributed by atoms with Crippen molar-refractivity contribution in [2.24, 2.45) is 11.7 Å². The summed E-state index contributed by atoms with van der Waals surface area (Å²) in [5.74, 6) is -10.2. The number of rotatable bonds is 5. The number of carbonyl (C=O) groups is 2. The van der Waals surface area contributed by atoms with Crippen LogP contribution in [0.1, 0.15) is 39.9 Å². The molecule has 13 heteroatoms. The molecule has 1 saturated heterocycles. The van der Waals surface area contributed by atoms with Crippen molar-refractivity contribution in [3.8, 4) is 5.75 Å². The molecule has 2 aromatic rings. The van der Waals surface area contributed by atoms with Crippen molar-refractivity contribution in [3.63, 3.8) is 0 Å². The third kappa shape index (κ3) is 4.11. The number of amides is 2. The van der Waals surface area contributed by atoms with Gasteiger partial charge in [0.05, 0.1) is 16.8 Å². The average molecular weight is 492 g/mol. The van der Waals surface area contributed by atoms with Crippen LogP contribution in [0.15, 0.2) is 30.5 Å². The maximum Gasteiger partial charge on any atom is 0.417 e. The number of alkyl halides is 3. The predicted molar refractivity (Wildman–Crippen MR) is 107 cm³/mol. The highest BCUT2D eigenvalue weighted by molar-refractivity contribution is 5.97. The molecule has 0 aliphatic carbocycles. The standard InChI is InChI=1S/C21H20F5N3O5/c1-9-14(11-4-5-12(22)15(23)16(11)33-3)17(34-20(9,2)21(24,25)26)19(31)28-10-6-7-29(32)13(8-10)18(27)30/h4-9,14,17H,1-3H3,(H2,27,30)(H,28,31)/t9-,14+,17+,20+/m0/s1/i3D3. The fraction of sp³-hybridized carbons (Fsp3) is 0.381. The summed E-state index contributed by atoms with van der Waals surface area (Å²) in [5, 5.41) is 13.9. The summed E-state index contributed by atoms with van der Waals surface area (Å²) in [4.78, 5) is 24.6. The van der Waals surface area contributed by atoms with Crippen molar-refractivity contribution in [1.82, 2.24) is 0 Å². The molecule has 1 aromatic heterocycles. The third-order valence-corrected chi connectivity index (χ3v) is 5.91. The van der Waals surface area contributed by atoms with Crippen LogP contribution in [0, 0.1) is 22.8 Å². The van der Waals surface area contributed by atoms with Gasteiger partial charge in [0.15, 0.2) is 23.4 Å². The van der Waals surface area contributed by atoms with E-state index in [0.717, 1.165) is 31.3 Å². The molecule has 0 spiro atoms. The number of carbonyl (C=O) groups excluding carboxylic acids is 2. The van der Waals surface area contributed by atoms with Crippen LogP contribution in [-0.4, -0.2) is 36.7 Å². The van der Waals surface area contributed by atoms with Crippen LogP contribution in [0.5, 0.6) is 5.75 Å². The van der Waals surface area contributed by atoms with Crippen molar-refractivity contribution in [1.29, 1.82) is 0 Å². The highest BCUT2D eigenvalue weighted by atomic mass is 19.4. The quantitative estimate of drug-likeness (QED) is 0.378. The Labute approximate surface area is 194 Å². The number of benzene rings is 1. The van der Waals surface area contributed by atoms with Crippen LogP contribution in [-0.2, 0) is 9.53 Å². The molecule has 2 heterocycles. The molecule has 0 saturated carbocycles. The van der Waals surface area contributed by atoms with Gasteiger partial charge in [0.2, 0.25) is 5.82 Å². The SMILES string of the molecule is [2H]C([2H])([2H])Oc1c([C@@H]2[C@H](C(=O)Nc3cc[n+]([O-])c(C(N)=O)c3)O[C@@](C)(C(F)(F)F)[C@H]2C)ccc(F)c1F. The van der Waals surface area contributed by atoms with Crippen molar-refractivity contribution in [2.45, 2.75) is 37.6 Å². The Morgan fingerprint density at radius 1 is 1.32 bits per heavy atom. The lowest BCUT2D eigenvalue weighted by atomic mass is 9.77. The largest absolute Gasteiger partial charge is 0.618 e. The van der Waals surface area contributed by atoms with Gasteiger partial charge in [0.1, 0.15) is 6.10 Å². The number of primary amides is 1. The average Bonchev–Trinajstić information content (AvgIpc) is 3.04.